The van der Waals surface area contributed by atoms with E-state index in [0.29, 0.717) is 24.9 Å². The van der Waals surface area contributed by atoms with Gasteiger partial charge in [-0.25, -0.2) is 0 Å². The summed E-state index contributed by atoms with van der Waals surface area (Å²) < 4.78 is 5.93. The van der Waals surface area contributed by atoms with Crippen LogP contribution in [0.4, 0.5) is 0 Å². The monoisotopic (exact) mass is 241 g/mol. The van der Waals surface area contributed by atoms with E-state index in [9.17, 15) is 4.79 Å². The van der Waals surface area contributed by atoms with Gasteiger partial charge in [-0.05, 0) is 25.7 Å². The van der Waals surface area contributed by atoms with Crippen molar-refractivity contribution in [2.45, 2.75) is 66.2 Å². The molecular formula is C14H27NO2. The number of rotatable bonds is 3. The lowest BCUT2D eigenvalue weighted by Gasteiger charge is -2.41. The molecule has 2 atom stereocenters. The average Bonchev–Trinajstić information content (AvgIpc) is 2.36. The van der Waals surface area contributed by atoms with Gasteiger partial charge in [0.2, 0.25) is 5.91 Å². The van der Waals surface area contributed by atoms with Crippen molar-refractivity contribution >= 4 is 5.91 Å². The molecular weight excluding hydrogens is 214 g/mol. The van der Waals surface area contributed by atoms with E-state index < -0.39 is 0 Å². The molecule has 0 aliphatic carbocycles. The summed E-state index contributed by atoms with van der Waals surface area (Å²) in [6.45, 7) is 13.5. The van der Waals surface area contributed by atoms with E-state index in [2.05, 4.69) is 41.5 Å². The number of nitrogens with zero attached hydrogens (tertiary/aromatic N) is 1. The predicted octanol–water partition coefficient (Wildman–Crippen LogP) is 2.69. The molecule has 0 N–H and O–H groups in total. The lowest BCUT2D eigenvalue weighted by Crippen LogP contribution is -2.53. The summed E-state index contributed by atoms with van der Waals surface area (Å²) in [6.07, 6.45) is 0.675. The Morgan fingerprint density at radius 3 is 2.12 bits per heavy atom. The summed E-state index contributed by atoms with van der Waals surface area (Å²) in [5, 5.41) is 0. The van der Waals surface area contributed by atoms with E-state index >= 15 is 0 Å². The highest BCUT2D eigenvalue weighted by atomic mass is 16.5. The van der Waals surface area contributed by atoms with E-state index in [1.165, 1.54) is 0 Å². The van der Waals surface area contributed by atoms with Gasteiger partial charge in [-0.15, -0.1) is 0 Å². The molecule has 3 nitrogen and oxygen atoms in total. The van der Waals surface area contributed by atoms with Gasteiger partial charge in [0.15, 0.2) is 0 Å². The first-order valence-corrected chi connectivity index (χ1v) is 6.79. The fourth-order valence-corrected chi connectivity index (χ4v) is 2.75. The maximum Gasteiger partial charge on any atom is 0.225 e. The standard InChI is InChI=1S/C14H27NO2/c1-9(2)13-14(10(3)4)17-8-7-12(16)15(13)11(5)6/h9-11,13-14H,7-8H2,1-6H3. The molecule has 0 spiro atoms. The van der Waals surface area contributed by atoms with E-state index in [4.69, 9.17) is 4.74 Å². The number of amides is 1. The third-order valence-corrected chi connectivity index (χ3v) is 3.47. The Bertz CT molecular complexity index is 261. The molecule has 0 saturated carbocycles. The van der Waals surface area contributed by atoms with Gasteiger partial charge in [0.25, 0.3) is 0 Å². The molecule has 1 fully saturated rings. The predicted molar refractivity (Wildman–Crippen MR) is 69.8 cm³/mol. The molecule has 1 aliphatic rings. The van der Waals surface area contributed by atoms with Gasteiger partial charge in [-0.3, -0.25) is 4.79 Å². The van der Waals surface area contributed by atoms with Crippen LogP contribution < -0.4 is 0 Å². The molecule has 17 heavy (non-hydrogen) atoms. The number of ether oxygens (including phenoxy) is 1. The molecule has 0 aromatic rings. The van der Waals surface area contributed by atoms with Crippen LogP contribution in [0.25, 0.3) is 0 Å². The Hall–Kier alpha value is -0.570. The summed E-state index contributed by atoms with van der Waals surface area (Å²) in [5.74, 6) is 1.10. The maximum atomic E-state index is 12.2. The van der Waals surface area contributed by atoms with Crippen molar-refractivity contribution in [1.29, 1.82) is 0 Å². The van der Waals surface area contributed by atoms with Gasteiger partial charge in [0, 0.05) is 6.04 Å². The molecule has 1 saturated heterocycles. The lowest BCUT2D eigenvalue weighted by atomic mass is 9.89. The first-order valence-electron chi connectivity index (χ1n) is 6.79. The minimum absolute atomic E-state index is 0.156. The molecule has 1 aliphatic heterocycles. The second-order valence-electron chi connectivity index (χ2n) is 5.96. The molecule has 2 unspecified atom stereocenters. The van der Waals surface area contributed by atoms with Crippen LogP contribution in [0.2, 0.25) is 0 Å². The molecule has 0 radical (unpaired) electrons. The summed E-state index contributed by atoms with van der Waals surface area (Å²) in [6, 6.07) is 0.447. The smallest absolute Gasteiger partial charge is 0.225 e. The van der Waals surface area contributed by atoms with E-state index in [0.717, 1.165) is 0 Å². The molecule has 0 aromatic carbocycles. The van der Waals surface area contributed by atoms with Crippen LogP contribution in [-0.2, 0) is 9.53 Å². The van der Waals surface area contributed by atoms with Crippen LogP contribution in [0.5, 0.6) is 0 Å². The summed E-state index contributed by atoms with van der Waals surface area (Å²) in [4.78, 5) is 14.2. The third kappa shape index (κ3) is 3.21. The molecule has 1 heterocycles. The minimum atomic E-state index is 0.156. The van der Waals surface area contributed by atoms with E-state index in [-0.39, 0.29) is 24.1 Å². The zero-order chi connectivity index (χ0) is 13.2. The first-order chi connectivity index (χ1) is 7.86. The highest BCUT2D eigenvalue weighted by Gasteiger charge is 2.38. The van der Waals surface area contributed by atoms with Crippen molar-refractivity contribution in [3.05, 3.63) is 0 Å². The molecule has 1 rings (SSSR count). The van der Waals surface area contributed by atoms with E-state index in [1.54, 1.807) is 0 Å². The van der Waals surface area contributed by atoms with Gasteiger partial charge in [0.1, 0.15) is 0 Å². The van der Waals surface area contributed by atoms with Crippen LogP contribution in [-0.4, -0.2) is 35.6 Å². The van der Waals surface area contributed by atoms with Gasteiger partial charge in [-0.2, -0.15) is 0 Å². The third-order valence-electron chi connectivity index (χ3n) is 3.47. The van der Waals surface area contributed by atoms with Gasteiger partial charge in [0.05, 0.1) is 25.2 Å². The number of carbonyl (C=O) groups excluding carboxylic acids is 1. The fourth-order valence-electron chi connectivity index (χ4n) is 2.75. The van der Waals surface area contributed by atoms with Crippen LogP contribution in [0, 0.1) is 11.8 Å². The summed E-state index contributed by atoms with van der Waals surface area (Å²) >= 11 is 0. The average molecular weight is 241 g/mol. The topological polar surface area (TPSA) is 29.5 Å². The minimum Gasteiger partial charge on any atom is -0.375 e. The number of hydrogen-bond donors (Lipinski definition) is 0. The molecule has 0 aromatic heterocycles. The van der Waals surface area contributed by atoms with Gasteiger partial charge in [-0.1, -0.05) is 27.7 Å². The fraction of sp³-hybridized carbons (Fsp3) is 0.929. The second kappa shape index (κ2) is 5.85. The van der Waals surface area contributed by atoms with Crippen molar-refractivity contribution in [3.8, 4) is 0 Å². The molecule has 1 amide bonds. The lowest BCUT2D eigenvalue weighted by molar-refractivity contribution is -0.137. The van der Waals surface area contributed by atoms with Crippen molar-refractivity contribution in [1.82, 2.24) is 4.90 Å². The molecule has 100 valence electrons. The van der Waals surface area contributed by atoms with Crippen LogP contribution in [0.1, 0.15) is 48.0 Å². The van der Waals surface area contributed by atoms with Crippen molar-refractivity contribution in [2.75, 3.05) is 6.61 Å². The zero-order valence-corrected chi connectivity index (χ0v) is 12.1. The highest BCUT2D eigenvalue weighted by Crippen LogP contribution is 2.27. The Morgan fingerprint density at radius 1 is 1.12 bits per heavy atom. The molecule has 3 heteroatoms. The van der Waals surface area contributed by atoms with Crippen molar-refractivity contribution in [3.63, 3.8) is 0 Å². The van der Waals surface area contributed by atoms with Crippen LogP contribution in [0.15, 0.2) is 0 Å². The van der Waals surface area contributed by atoms with Gasteiger partial charge < -0.3 is 9.64 Å². The Labute approximate surface area is 106 Å². The van der Waals surface area contributed by atoms with Crippen LogP contribution in [0.3, 0.4) is 0 Å². The van der Waals surface area contributed by atoms with Crippen molar-refractivity contribution < 1.29 is 9.53 Å². The normalized spacial score (nSPS) is 27.1. The maximum absolute atomic E-state index is 12.2. The summed E-state index contributed by atoms with van der Waals surface area (Å²) in [5.41, 5.74) is 0. The SMILES string of the molecule is CC(C)C1OCCC(=O)N(C(C)C)C1C(C)C. The highest BCUT2D eigenvalue weighted by molar-refractivity contribution is 5.77. The van der Waals surface area contributed by atoms with Crippen molar-refractivity contribution in [2.24, 2.45) is 11.8 Å². The summed E-state index contributed by atoms with van der Waals surface area (Å²) in [7, 11) is 0. The Morgan fingerprint density at radius 2 is 1.71 bits per heavy atom. The first kappa shape index (κ1) is 14.5. The number of carbonyl (C=O) groups is 1. The Balaban J connectivity index is 3.05. The quantitative estimate of drug-likeness (QED) is 0.760. The Kier molecular flexibility index (Phi) is 4.99. The zero-order valence-electron chi connectivity index (χ0n) is 12.1. The number of hydrogen-bond acceptors (Lipinski definition) is 2. The van der Waals surface area contributed by atoms with Crippen LogP contribution >= 0.6 is 0 Å². The van der Waals surface area contributed by atoms with Gasteiger partial charge >= 0.3 is 0 Å². The largest absolute Gasteiger partial charge is 0.375 e. The van der Waals surface area contributed by atoms with E-state index in [1.807, 2.05) is 4.90 Å². The second-order valence-corrected chi connectivity index (χ2v) is 5.96. The molecule has 0 bridgehead atoms.